The second kappa shape index (κ2) is 12.9. The summed E-state index contributed by atoms with van der Waals surface area (Å²) >= 11 is 0. The van der Waals surface area contributed by atoms with Crippen molar-refractivity contribution in [2.75, 3.05) is 19.7 Å². The summed E-state index contributed by atoms with van der Waals surface area (Å²) in [5, 5.41) is 14.2. The SMILES string of the molecule is O=C(O)C(F)(F)F.O=C(O)C(F)(F)F.c1ccc(CO[C@H]2CO[C@@]3(CCN(Cc4ccoc4)C3)C2)nc1. The number of aromatic nitrogens is 1. The number of rotatable bonds is 5. The van der Waals surface area contributed by atoms with Crippen LogP contribution in [0.15, 0.2) is 47.4 Å². The number of ether oxygens (including phenoxy) is 2. The number of nitrogens with zero attached hydrogens (tertiary/aromatic N) is 2. The van der Waals surface area contributed by atoms with Crippen LogP contribution in [-0.4, -0.2) is 75.8 Å². The predicted octanol–water partition coefficient (Wildman–Crippen LogP) is 3.89. The lowest BCUT2D eigenvalue weighted by molar-refractivity contribution is -0.193. The predicted molar refractivity (Wildman–Crippen MR) is 112 cm³/mol. The average Bonchev–Trinajstić information content (AvgIpc) is 3.56. The Morgan fingerprint density at radius 1 is 1.11 bits per heavy atom. The van der Waals surface area contributed by atoms with Gasteiger partial charge in [0.1, 0.15) is 0 Å². The number of carboxylic acid groups (broad SMARTS) is 2. The molecule has 2 saturated heterocycles. The Morgan fingerprint density at radius 3 is 2.27 bits per heavy atom. The van der Waals surface area contributed by atoms with E-state index < -0.39 is 24.3 Å². The van der Waals surface area contributed by atoms with Crippen LogP contribution in [-0.2, 0) is 32.2 Å². The van der Waals surface area contributed by atoms with Crippen LogP contribution >= 0.6 is 0 Å². The number of pyridine rings is 1. The molecule has 2 atom stereocenters. The molecule has 1 spiro atoms. The first-order chi connectivity index (χ1) is 17.2. The Balaban J connectivity index is 0.000000286. The first-order valence-electron chi connectivity index (χ1n) is 10.7. The fourth-order valence-electron chi connectivity index (χ4n) is 3.58. The highest BCUT2D eigenvalue weighted by molar-refractivity contribution is 5.73. The van der Waals surface area contributed by atoms with E-state index in [0.717, 1.165) is 38.2 Å². The number of furan rings is 1. The first kappa shape index (κ1) is 30.1. The van der Waals surface area contributed by atoms with Crippen LogP contribution in [0.2, 0.25) is 0 Å². The van der Waals surface area contributed by atoms with Gasteiger partial charge in [0.2, 0.25) is 0 Å². The second-order valence-electron chi connectivity index (χ2n) is 8.15. The standard InChI is InChI=1S/C18H22N2O3.2C2HF3O2/c1-2-6-19-16(3-1)12-22-17-9-18(23-13-17)5-7-20(14-18)10-15-4-8-21-11-15;2*3-2(4,5)1(6)7/h1-4,6,8,11,17H,5,7,9-10,12-14H2;2*(H,6,7)/t17-,18+;;/m1../s1. The third-order valence-electron chi connectivity index (χ3n) is 5.23. The van der Waals surface area contributed by atoms with E-state index in [-0.39, 0.29) is 11.7 Å². The van der Waals surface area contributed by atoms with Crippen molar-refractivity contribution in [2.45, 2.75) is 50.1 Å². The van der Waals surface area contributed by atoms with Crippen molar-refractivity contribution in [3.05, 3.63) is 54.2 Å². The van der Waals surface area contributed by atoms with Crippen molar-refractivity contribution >= 4 is 11.9 Å². The molecule has 0 radical (unpaired) electrons. The van der Waals surface area contributed by atoms with E-state index >= 15 is 0 Å². The number of halogens is 6. The molecule has 15 heteroatoms. The molecule has 9 nitrogen and oxygen atoms in total. The maximum absolute atomic E-state index is 10.6. The van der Waals surface area contributed by atoms with E-state index in [9.17, 15) is 26.3 Å². The van der Waals surface area contributed by atoms with Gasteiger partial charge in [-0.05, 0) is 24.6 Å². The lowest BCUT2D eigenvalue weighted by Crippen LogP contribution is -2.32. The number of likely N-dealkylation sites (tertiary alicyclic amines) is 1. The third-order valence-corrected chi connectivity index (χ3v) is 5.23. The minimum atomic E-state index is -5.08. The molecule has 2 fully saturated rings. The van der Waals surface area contributed by atoms with E-state index in [1.54, 1.807) is 12.5 Å². The summed E-state index contributed by atoms with van der Waals surface area (Å²) < 4.78 is 80.8. The number of aliphatic carboxylic acids is 2. The minimum Gasteiger partial charge on any atom is -0.475 e. The summed E-state index contributed by atoms with van der Waals surface area (Å²) in [7, 11) is 0. The molecule has 0 saturated carbocycles. The zero-order chi connectivity index (χ0) is 27.7. The van der Waals surface area contributed by atoms with E-state index in [1.807, 2.05) is 30.5 Å². The normalized spacial score (nSPS) is 21.6. The fraction of sp³-hybridized carbons (Fsp3) is 0.500. The summed E-state index contributed by atoms with van der Waals surface area (Å²) in [5.41, 5.74) is 2.17. The Labute approximate surface area is 206 Å². The van der Waals surface area contributed by atoms with E-state index in [4.69, 9.17) is 33.7 Å². The van der Waals surface area contributed by atoms with E-state index in [1.165, 1.54) is 5.56 Å². The Kier molecular flexibility index (Phi) is 10.5. The fourth-order valence-corrected chi connectivity index (χ4v) is 3.58. The van der Waals surface area contributed by atoms with Gasteiger partial charge < -0.3 is 24.1 Å². The second-order valence-corrected chi connectivity index (χ2v) is 8.15. The van der Waals surface area contributed by atoms with Crippen LogP contribution in [0.3, 0.4) is 0 Å². The number of carboxylic acids is 2. The van der Waals surface area contributed by atoms with Crippen molar-refractivity contribution in [3.63, 3.8) is 0 Å². The smallest absolute Gasteiger partial charge is 0.475 e. The van der Waals surface area contributed by atoms with Gasteiger partial charge in [0.15, 0.2) is 0 Å². The molecule has 37 heavy (non-hydrogen) atoms. The van der Waals surface area contributed by atoms with Gasteiger partial charge in [-0.2, -0.15) is 26.3 Å². The molecule has 2 aliphatic rings. The Hall–Kier alpha value is -3.17. The highest BCUT2D eigenvalue weighted by atomic mass is 19.4. The molecule has 4 heterocycles. The van der Waals surface area contributed by atoms with Crippen molar-refractivity contribution < 1.29 is 60.0 Å². The van der Waals surface area contributed by atoms with Gasteiger partial charge in [-0.25, -0.2) is 9.59 Å². The number of alkyl halides is 6. The Bertz CT molecular complexity index is 962. The molecule has 0 amide bonds. The summed E-state index contributed by atoms with van der Waals surface area (Å²) in [4.78, 5) is 24.5. The lowest BCUT2D eigenvalue weighted by Gasteiger charge is -2.23. The van der Waals surface area contributed by atoms with Gasteiger partial charge >= 0.3 is 24.3 Å². The molecule has 206 valence electrons. The van der Waals surface area contributed by atoms with Crippen LogP contribution < -0.4 is 0 Å². The van der Waals surface area contributed by atoms with Gasteiger partial charge in [-0.15, -0.1) is 0 Å². The van der Waals surface area contributed by atoms with E-state index in [0.29, 0.717) is 13.2 Å². The number of carbonyl (C=O) groups is 2. The maximum atomic E-state index is 10.6. The zero-order valence-corrected chi connectivity index (χ0v) is 19.2. The molecule has 0 bridgehead atoms. The highest BCUT2D eigenvalue weighted by Crippen LogP contribution is 2.37. The molecule has 0 aromatic carbocycles. The third kappa shape index (κ3) is 10.4. The van der Waals surface area contributed by atoms with Crippen LogP contribution in [0.1, 0.15) is 24.1 Å². The quantitative estimate of drug-likeness (QED) is 0.542. The molecule has 2 aromatic rings. The molecule has 0 aliphatic carbocycles. The molecular weight excluding hydrogens is 518 g/mol. The van der Waals surface area contributed by atoms with Crippen LogP contribution in [0.4, 0.5) is 26.3 Å². The van der Waals surface area contributed by atoms with Crippen molar-refractivity contribution in [2.24, 2.45) is 0 Å². The average molecular weight is 542 g/mol. The topological polar surface area (TPSA) is 122 Å². The largest absolute Gasteiger partial charge is 0.490 e. The first-order valence-corrected chi connectivity index (χ1v) is 10.7. The van der Waals surface area contributed by atoms with Crippen molar-refractivity contribution in [1.29, 1.82) is 0 Å². The van der Waals surface area contributed by atoms with Crippen LogP contribution in [0.5, 0.6) is 0 Å². The molecule has 2 aliphatic heterocycles. The summed E-state index contributed by atoms with van der Waals surface area (Å²) in [6.45, 7) is 4.22. The van der Waals surface area contributed by atoms with Crippen molar-refractivity contribution in [3.8, 4) is 0 Å². The zero-order valence-electron chi connectivity index (χ0n) is 19.2. The number of hydrogen-bond acceptors (Lipinski definition) is 7. The molecular formula is C22H24F6N2O7. The summed E-state index contributed by atoms with van der Waals surface area (Å²) in [5.74, 6) is -5.51. The van der Waals surface area contributed by atoms with Crippen molar-refractivity contribution in [1.82, 2.24) is 9.88 Å². The maximum Gasteiger partial charge on any atom is 0.490 e. The lowest BCUT2D eigenvalue weighted by atomic mass is 9.98. The molecule has 2 N–H and O–H groups in total. The van der Waals surface area contributed by atoms with Gasteiger partial charge in [-0.3, -0.25) is 9.88 Å². The Morgan fingerprint density at radius 2 is 1.76 bits per heavy atom. The summed E-state index contributed by atoms with van der Waals surface area (Å²) in [6, 6.07) is 7.93. The van der Waals surface area contributed by atoms with Gasteiger partial charge in [0, 0.05) is 37.8 Å². The van der Waals surface area contributed by atoms with E-state index in [2.05, 4.69) is 9.88 Å². The van der Waals surface area contributed by atoms with Gasteiger partial charge in [0.25, 0.3) is 0 Å². The van der Waals surface area contributed by atoms with Crippen LogP contribution in [0.25, 0.3) is 0 Å². The highest BCUT2D eigenvalue weighted by Gasteiger charge is 2.46. The molecule has 0 unspecified atom stereocenters. The molecule has 4 rings (SSSR count). The monoisotopic (exact) mass is 542 g/mol. The minimum absolute atomic E-state index is 0.0292. The van der Waals surface area contributed by atoms with Crippen LogP contribution in [0, 0.1) is 0 Å². The van der Waals surface area contributed by atoms with Gasteiger partial charge in [0.05, 0.1) is 43.1 Å². The summed E-state index contributed by atoms with van der Waals surface area (Å²) in [6.07, 6.45) is -2.59. The van der Waals surface area contributed by atoms with Gasteiger partial charge in [-0.1, -0.05) is 6.07 Å². The number of hydrogen-bond donors (Lipinski definition) is 2. The molecule has 2 aromatic heterocycles.